The second-order valence-corrected chi connectivity index (χ2v) is 5.19. The minimum atomic E-state index is -0.454. The highest BCUT2D eigenvalue weighted by Crippen LogP contribution is 2.48. The molecule has 0 aromatic heterocycles. The van der Waals surface area contributed by atoms with Gasteiger partial charge in [-0.05, 0) is 25.7 Å². The van der Waals surface area contributed by atoms with Crippen LogP contribution in [0.2, 0.25) is 0 Å². The maximum atomic E-state index is 11.3. The lowest BCUT2D eigenvalue weighted by molar-refractivity contribution is -0.144. The third-order valence-corrected chi connectivity index (χ3v) is 4.00. The lowest BCUT2D eigenvalue weighted by Gasteiger charge is -2.41. The van der Waals surface area contributed by atoms with Crippen molar-refractivity contribution >= 4 is 5.97 Å². The van der Waals surface area contributed by atoms with Gasteiger partial charge in [-0.1, -0.05) is 19.1 Å². The van der Waals surface area contributed by atoms with Crippen LogP contribution in [0.25, 0.3) is 0 Å². The molecule has 1 saturated heterocycles. The highest BCUT2D eigenvalue weighted by molar-refractivity contribution is 5.73. The van der Waals surface area contributed by atoms with Crippen LogP contribution in [0.5, 0.6) is 0 Å². The topological polar surface area (TPSA) is 46.5 Å². The Morgan fingerprint density at radius 3 is 2.87 bits per heavy atom. The molecule has 0 amide bonds. The largest absolute Gasteiger partial charge is 0.462 e. The molecule has 2 rings (SSSR count). The number of ether oxygens (including phenoxy) is 1. The fourth-order valence-electron chi connectivity index (χ4n) is 2.71. The maximum absolute atomic E-state index is 11.3. The molecule has 0 bridgehead atoms. The smallest absolute Gasteiger partial charge is 0.306 e. The Labute approximate surface area is 90.1 Å². The van der Waals surface area contributed by atoms with Gasteiger partial charge in [-0.25, -0.2) is 0 Å². The minimum Gasteiger partial charge on any atom is -0.462 e. The van der Waals surface area contributed by atoms with Gasteiger partial charge in [0.2, 0.25) is 0 Å². The van der Waals surface area contributed by atoms with Gasteiger partial charge >= 0.3 is 5.97 Å². The van der Waals surface area contributed by atoms with Crippen molar-refractivity contribution in [2.45, 2.75) is 45.3 Å². The van der Waals surface area contributed by atoms with Crippen LogP contribution in [0.1, 0.15) is 33.1 Å². The van der Waals surface area contributed by atoms with Gasteiger partial charge in [0.25, 0.3) is 0 Å². The maximum Gasteiger partial charge on any atom is 0.306 e. The Hall–Kier alpha value is -0.830. The van der Waals surface area contributed by atoms with Crippen molar-refractivity contribution < 1.29 is 14.6 Å². The normalized spacial score (nSPS) is 44.7. The van der Waals surface area contributed by atoms with Crippen molar-refractivity contribution in [2.24, 2.45) is 11.3 Å². The Morgan fingerprint density at radius 2 is 2.27 bits per heavy atom. The van der Waals surface area contributed by atoms with Crippen LogP contribution in [0.15, 0.2) is 12.2 Å². The van der Waals surface area contributed by atoms with Crippen LogP contribution in [0.3, 0.4) is 0 Å². The molecule has 1 aliphatic carbocycles. The van der Waals surface area contributed by atoms with E-state index in [0.717, 1.165) is 12.0 Å². The number of aliphatic hydroxyl groups excluding tert-OH is 1. The number of hydrogen-bond donors (Lipinski definition) is 1. The molecule has 4 unspecified atom stereocenters. The summed E-state index contributed by atoms with van der Waals surface area (Å²) in [6, 6.07) is 0. The van der Waals surface area contributed by atoms with Crippen LogP contribution < -0.4 is 0 Å². The second kappa shape index (κ2) is 3.34. The lowest BCUT2D eigenvalue weighted by atomic mass is 9.66. The van der Waals surface area contributed by atoms with Crippen molar-refractivity contribution in [3.05, 3.63) is 12.2 Å². The SMILES string of the molecule is C=C(C)C1CC(O)C2(C)CC(=O)OC2C1. The number of carbonyl (C=O) groups is 1. The Kier molecular flexibility index (Phi) is 2.38. The van der Waals surface area contributed by atoms with E-state index in [-0.39, 0.29) is 23.4 Å². The summed E-state index contributed by atoms with van der Waals surface area (Å²) in [4.78, 5) is 11.3. The molecule has 84 valence electrons. The predicted molar refractivity (Wildman–Crippen MR) is 56.1 cm³/mol. The van der Waals surface area contributed by atoms with E-state index in [1.54, 1.807) is 0 Å². The van der Waals surface area contributed by atoms with E-state index in [2.05, 4.69) is 6.58 Å². The molecule has 1 saturated carbocycles. The average molecular weight is 210 g/mol. The first kappa shape index (κ1) is 10.7. The van der Waals surface area contributed by atoms with Gasteiger partial charge in [0.1, 0.15) is 6.10 Å². The van der Waals surface area contributed by atoms with Gasteiger partial charge in [-0.15, -0.1) is 0 Å². The summed E-state index contributed by atoms with van der Waals surface area (Å²) in [6.45, 7) is 7.83. The third kappa shape index (κ3) is 1.59. The van der Waals surface area contributed by atoms with Gasteiger partial charge in [0.15, 0.2) is 0 Å². The number of allylic oxidation sites excluding steroid dienone is 1. The van der Waals surface area contributed by atoms with Crippen LogP contribution in [0, 0.1) is 11.3 Å². The molecule has 3 heteroatoms. The zero-order valence-electron chi connectivity index (χ0n) is 9.32. The van der Waals surface area contributed by atoms with Gasteiger partial charge in [-0.2, -0.15) is 0 Å². The second-order valence-electron chi connectivity index (χ2n) is 5.19. The molecule has 3 nitrogen and oxygen atoms in total. The van der Waals surface area contributed by atoms with E-state index in [1.165, 1.54) is 0 Å². The van der Waals surface area contributed by atoms with E-state index in [9.17, 15) is 9.90 Å². The number of rotatable bonds is 1. The monoisotopic (exact) mass is 210 g/mol. The Bertz CT molecular complexity index is 310. The summed E-state index contributed by atoms with van der Waals surface area (Å²) >= 11 is 0. The van der Waals surface area contributed by atoms with Crippen molar-refractivity contribution in [3.63, 3.8) is 0 Å². The highest BCUT2D eigenvalue weighted by Gasteiger charge is 2.54. The number of esters is 1. The molecule has 1 aliphatic heterocycles. The predicted octanol–water partition coefficient (Wildman–Crippen LogP) is 1.66. The molecule has 4 atom stereocenters. The van der Waals surface area contributed by atoms with Crippen LogP contribution in [0.4, 0.5) is 0 Å². The van der Waals surface area contributed by atoms with E-state index >= 15 is 0 Å². The number of carbonyl (C=O) groups excluding carboxylic acids is 1. The summed E-state index contributed by atoms with van der Waals surface area (Å²) in [5.74, 6) is 0.105. The van der Waals surface area contributed by atoms with Crippen molar-refractivity contribution in [3.8, 4) is 0 Å². The molecule has 0 aromatic carbocycles. The zero-order valence-corrected chi connectivity index (χ0v) is 9.32. The van der Waals surface area contributed by atoms with Gasteiger partial charge in [-0.3, -0.25) is 4.79 Å². The molecule has 0 aromatic rings. The fraction of sp³-hybridized carbons (Fsp3) is 0.750. The summed E-state index contributed by atoms with van der Waals surface area (Å²) < 4.78 is 5.28. The average Bonchev–Trinajstić information content (AvgIpc) is 2.41. The Balaban J connectivity index is 2.21. The van der Waals surface area contributed by atoms with Gasteiger partial charge in [0.05, 0.1) is 12.5 Å². The molecular weight excluding hydrogens is 192 g/mol. The highest BCUT2D eigenvalue weighted by atomic mass is 16.6. The number of fused-ring (bicyclic) bond motifs is 1. The minimum absolute atomic E-state index is 0.129. The van der Waals surface area contributed by atoms with Gasteiger partial charge in [0, 0.05) is 5.41 Å². The summed E-state index contributed by atoms with van der Waals surface area (Å²) in [6.07, 6.45) is 1.29. The zero-order chi connectivity index (χ0) is 11.2. The quantitative estimate of drug-likeness (QED) is 0.529. The fourth-order valence-corrected chi connectivity index (χ4v) is 2.71. The summed E-state index contributed by atoms with van der Waals surface area (Å²) in [5.41, 5.74) is 0.697. The molecule has 0 radical (unpaired) electrons. The molecular formula is C12H18O3. The van der Waals surface area contributed by atoms with E-state index < -0.39 is 6.10 Å². The molecule has 2 fully saturated rings. The van der Waals surface area contributed by atoms with E-state index in [1.807, 2.05) is 13.8 Å². The first-order valence-electron chi connectivity index (χ1n) is 5.46. The molecule has 15 heavy (non-hydrogen) atoms. The standard InChI is InChI=1S/C12H18O3/c1-7(2)8-4-9(13)12(3)6-11(14)15-10(12)5-8/h8-10,13H,1,4-6H2,2-3H3. The van der Waals surface area contributed by atoms with Crippen molar-refractivity contribution in [1.29, 1.82) is 0 Å². The lowest BCUT2D eigenvalue weighted by Crippen LogP contribution is -2.46. The van der Waals surface area contributed by atoms with E-state index in [0.29, 0.717) is 12.8 Å². The van der Waals surface area contributed by atoms with Crippen molar-refractivity contribution in [1.82, 2.24) is 0 Å². The van der Waals surface area contributed by atoms with E-state index in [4.69, 9.17) is 4.74 Å². The molecule has 0 spiro atoms. The van der Waals surface area contributed by atoms with Crippen LogP contribution >= 0.6 is 0 Å². The van der Waals surface area contributed by atoms with Crippen molar-refractivity contribution in [2.75, 3.05) is 0 Å². The molecule has 2 aliphatic rings. The van der Waals surface area contributed by atoms with Crippen LogP contribution in [-0.4, -0.2) is 23.3 Å². The number of aliphatic hydroxyl groups is 1. The number of hydrogen-bond acceptors (Lipinski definition) is 3. The third-order valence-electron chi connectivity index (χ3n) is 4.00. The molecule has 1 N–H and O–H groups in total. The van der Waals surface area contributed by atoms with Gasteiger partial charge < -0.3 is 9.84 Å². The first-order valence-corrected chi connectivity index (χ1v) is 5.46. The Morgan fingerprint density at radius 1 is 1.60 bits per heavy atom. The summed E-state index contributed by atoms with van der Waals surface area (Å²) in [7, 11) is 0. The first-order chi connectivity index (χ1) is 6.93. The summed E-state index contributed by atoms with van der Waals surface area (Å²) in [5, 5.41) is 10.1. The molecule has 1 heterocycles. The van der Waals surface area contributed by atoms with Crippen LogP contribution in [-0.2, 0) is 9.53 Å².